The minimum Gasteiger partial charge on any atom is -0.340 e. The summed E-state index contributed by atoms with van der Waals surface area (Å²) in [6, 6.07) is 53.0. The van der Waals surface area contributed by atoms with E-state index >= 15 is 0 Å². The normalized spacial score (nSPS) is 11.2. The summed E-state index contributed by atoms with van der Waals surface area (Å²) in [6.07, 6.45) is 12.2. The van der Waals surface area contributed by atoms with Crippen LogP contribution in [0.15, 0.2) is 164 Å². The van der Waals surface area contributed by atoms with Crippen LogP contribution in [0.25, 0.3) is 56.4 Å². The zero-order chi connectivity index (χ0) is 43.6. The van der Waals surface area contributed by atoms with Crippen LogP contribution in [0.5, 0.6) is 0 Å². The van der Waals surface area contributed by atoms with Gasteiger partial charge < -0.3 is 4.57 Å². The second-order valence-corrected chi connectivity index (χ2v) is 18.3. The molecule has 0 spiro atoms. The molecule has 0 atom stereocenters. The Balaban J connectivity index is 0.000000206. The molecule has 0 fully saturated rings. The average molecular weight is 1010 g/mol. The summed E-state index contributed by atoms with van der Waals surface area (Å²) >= 11 is 0. The quantitative estimate of drug-likeness (QED) is 0.102. The monoisotopic (exact) mass is 1010 g/mol. The summed E-state index contributed by atoms with van der Waals surface area (Å²) in [6.45, 7) is 18.4. The van der Waals surface area contributed by atoms with E-state index in [2.05, 4.69) is 204 Å². The van der Waals surface area contributed by atoms with Gasteiger partial charge in [-0.05, 0) is 118 Å². The zero-order valence-electron chi connectivity index (χ0n) is 38.3. The molecule has 1 radical (unpaired) electrons. The minimum atomic E-state index is 0. The van der Waals surface area contributed by atoms with Crippen molar-refractivity contribution in [3.63, 3.8) is 0 Å². The van der Waals surface area contributed by atoms with Crippen molar-refractivity contribution < 1.29 is 20.1 Å². The molecule has 0 aliphatic carbocycles. The van der Waals surface area contributed by atoms with Crippen LogP contribution in [0.4, 0.5) is 0 Å². The van der Waals surface area contributed by atoms with Crippen LogP contribution in [-0.4, -0.2) is 19.1 Å². The Morgan fingerprint density at radius 1 is 0.413 bits per heavy atom. The van der Waals surface area contributed by atoms with Gasteiger partial charge in [-0.15, -0.1) is 35.9 Å². The van der Waals surface area contributed by atoms with Gasteiger partial charge in [0.2, 0.25) is 0 Å². The predicted octanol–water partition coefficient (Wildman–Crippen LogP) is 15.0. The fraction of sp³-hybridized carbons (Fsp3) is 0.276. The van der Waals surface area contributed by atoms with Gasteiger partial charge in [-0.3, -0.25) is 9.55 Å². The summed E-state index contributed by atoms with van der Waals surface area (Å²) in [5.41, 5.74) is 15.4. The van der Waals surface area contributed by atoms with Crippen LogP contribution in [0, 0.1) is 29.7 Å². The van der Waals surface area contributed by atoms with Gasteiger partial charge in [-0.2, -0.15) is 0 Å². The molecule has 0 unspecified atom stereocenters. The first kappa shape index (κ1) is 46.9. The molecular formula is C58H63IrN4-. The molecule has 63 heavy (non-hydrogen) atoms. The summed E-state index contributed by atoms with van der Waals surface area (Å²) in [5.74, 6) is 4.21. The molecule has 0 saturated carbocycles. The van der Waals surface area contributed by atoms with Crippen LogP contribution in [0.1, 0.15) is 77.6 Å². The summed E-state index contributed by atoms with van der Waals surface area (Å²) in [7, 11) is 0. The first-order valence-electron chi connectivity index (χ1n) is 22.6. The van der Waals surface area contributed by atoms with E-state index < -0.39 is 0 Å². The molecule has 0 bridgehead atoms. The van der Waals surface area contributed by atoms with Gasteiger partial charge in [0, 0.05) is 56.1 Å². The van der Waals surface area contributed by atoms with Crippen molar-refractivity contribution >= 4 is 0 Å². The molecule has 5 heteroatoms. The average Bonchev–Trinajstić information content (AvgIpc) is 3.95. The number of hydrogen-bond acceptors (Lipinski definition) is 2. The maximum Gasteiger partial charge on any atom is 0.144 e. The standard InChI is InChI=1S/C29H32N2.C29H31N2.Ir/c2*1-21(2)17-26-19-25(23-11-7-5-8-12-23)20-27(18-22(3)4)28(26)31-16-15-30-29(31)24-13-9-6-10-14-24;/h5-16,19-22H,17-18H2,1-4H3;5-13,15-16,19-22H,17-18H2,1-4H3;/q;-1;. The van der Waals surface area contributed by atoms with Gasteiger partial charge in [0.1, 0.15) is 5.82 Å². The van der Waals surface area contributed by atoms with Gasteiger partial charge in [0.25, 0.3) is 0 Å². The molecule has 2 aromatic heterocycles. The second kappa shape index (κ2) is 22.1. The SMILES string of the molecule is CC(C)Cc1cc(-c2ccccc2)cc(CC(C)C)c1-n1ccnc1-c1[c-]cccc1.CC(C)Cc1cc(-c2ccccc2)cc(CC(C)C)c1-n1ccnc1-c1ccccc1.[Ir]. The van der Waals surface area contributed by atoms with Crippen LogP contribution in [-0.2, 0) is 45.8 Å². The van der Waals surface area contributed by atoms with E-state index in [4.69, 9.17) is 9.97 Å². The third-order valence-electron chi connectivity index (χ3n) is 11.0. The maximum absolute atomic E-state index is 4.75. The molecule has 0 amide bonds. The predicted molar refractivity (Wildman–Crippen MR) is 262 cm³/mol. The van der Waals surface area contributed by atoms with Crippen molar-refractivity contribution in [3.8, 4) is 56.4 Å². The number of aromatic nitrogens is 4. The number of hydrogen-bond donors (Lipinski definition) is 0. The van der Waals surface area contributed by atoms with Crippen molar-refractivity contribution in [2.45, 2.75) is 81.1 Å². The Morgan fingerprint density at radius 3 is 1.13 bits per heavy atom. The molecule has 6 aromatic carbocycles. The van der Waals surface area contributed by atoms with Crippen molar-refractivity contribution in [1.82, 2.24) is 19.1 Å². The molecule has 325 valence electrons. The molecule has 4 nitrogen and oxygen atoms in total. The number of nitrogens with zero attached hydrogens (tertiary/aromatic N) is 4. The minimum absolute atomic E-state index is 0. The number of rotatable bonds is 14. The molecule has 0 saturated heterocycles. The fourth-order valence-electron chi connectivity index (χ4n) is 8.62. The Hall–Kier alpha value is -5.61. The van der Waals surface area contributed by atoms with E-state index in [-0.39, 0.29) is 20.1 Å². The molecule has 0 aliphatic heterocycles. The third-order valence-corrected chi connectivity index (χ3v) is 11.0. The topological polar surface area (TPSA) is 35.6 Å². The van der Waals surface area contributed by atoms with Gasteiger partial charge in [0.15, 0.2) is 0 Å². The molecule has 0 aliphatic rings. The van der Waals surface area contributed by atoms with Crippen LogP contribution < -0.4 is 0 Å². The van der Waals surface area contributed by atoms with Gasteiger partial charge in [0.05, 0.1) is 11.5 Å². The fourth-order valence-corrected chi connectivity index (χ4v) is 8.62. The smallest absolute Gasteiger partial charge is 0.144 e. The summed E-state index contributed by atoms with van der Waals surface area (Å²) in [5, 5.41) is 0. The van der Waals surface area contributed by atoms with E-state index in [0.717, 1.165) is 48.5 Å². The van der Waals surface area contributed by atoms with Crippen molar-refractivity contribution in [3.05, 3.63) is 193 Å². The Kier molecular flexibility index (Phi) is 16.5. The van der Waals surface area contributed by atoms with Crippen molar-refractivity contribution in [2.75, 3.05) is 0 Å². The Morgan fingerprint density at radius 2 is 0.762 bits per heavy atom. The van der Waals surface area contributed by atoms with Gasteiger partial charge >= 0.3 is 0 Å². The zero-order valence-corrected chi connectivity index (χ0v) is 40.7. The maximum atomic E-state index is 4.75. The van der Waals surface area contributed by atoms with E-state index in [1.165, 1.54) is 55.9 Å². The van der Waals surface area contributed by atoms with Crippen LogP contribution >= 0.6 is 0 Å². The molecule has 8 rings (SSSR count). The van der Waals surface area contributed by atoms with Crippen molar-refractivity contribution in [1.29, 1.82) is 0 Å². The number of benzene rings is 6. The van der Waals surface area contributed by atoms with Crippen LogP contribution in [0.2, 0.25) is 0 Å². The summed E-state index contributed by atoms with van der Waals surface area (Å²) < 4.78 is 4.58. The van der Waals surface area contributed by atoms with Crippen molar-refractivity contribution in [2.24, 2.45) is 23.7 Å². The largest absolute Gasteiger partial charge is 0.340 e. The molecule has 0 N–H and O–H groups in total. The van der Waals surface area contributed by atoms with E-state index in [9.17, 15) is 0 Å². The summed E-state index contributed by atoms with van der Waals surface area (Å²) in [4.78, 5) is 9.46. The van der Waals surface area contributed by atoms with E-state index in [0.29, 0.717) is 23.7 Å². The third kappa shape index (κ3) is 11.9. The Bertz CT molecular complexity index is 2370. The van der Waals surface area contributed by atoms with Gasteiger partial charge in [-0.1, -0.05) is 146 Å². The second-order valence-electron chi connectivity index (χ2n) is 18.3. The molecular weight excluding hydrogens is 945 g/mol. The first-order chi connectivity index (χ1) is 30.0. The van der Waals surface area contributed by atoms with Crippen LogP contribution in [0.3, 0.4) is 0 Å². The Labute approximate surface area is 390 Å². The number of imidazole rings is 2. The molecule has 2 heterocycles. The van der Waals surface area contributed by atoms with Gasteiger partial charge in [-0.25, -0.2) is 4.98 Å². The molecule has 8 aromatic rings. The van der Waals surface area contributed by atoms with E-state index in [1.54, 1.807) is 0 Å². The van der Waals surface area contributed by atoms with E-state index in [1.807, 2.05) is 30.6 Å². The first-order valence-corrected chi connectivity index (χ1v) is 22.6.